The van der Waals surface area contributed by atoms with Gasteiger partial charge in [-0.2, -0.15) is 0 Å². The summed E-state index contributed by atoms with van der Waals surface area (Å²) in [7, 11) is 0. The molecule has 2 fully saturated rings. The molecule has 40 heavy (non-hydrogen) atoms. The molecule has 8 heteroatoms. The number of amides is 1. The lowest BCUT2D eigenvalue weighted by molar-refractivity contribution is -0.152. The second-order valence-corrected chi connectivity index (χ2v) is 12.4. The van der Waals surface area contributed by atoms with Crippen LogP contribution in [0.5, 0.6) is 0 Å². The van der Waals surface area contributed by atoms with Crippen LogP contribution in [-0.2, 0) is 16.0 Å². The molecule has 1 saturated heterocycles. The lowest BCUT2D eigenvalue weighted by Crippen LogP contribution is -2.37. The molecule has 2 aliphatic heterocycles. The summed E-state index contributed by atoms with van der Waals surface area (Å²) < 4.78 is 7.67. The number of nitrogens with one attached hydrogen (secondary N) is 2. The number of carbonyl (C=O) groups excluding carboxylic acids is 3. The molecule has 0 radical (unpaired) electrons. The van der Waals surface area contributed by atoms with Crippen LogP contribution in [0, 0.1) is 5.41 Å². The van der Waals surface area contributed by atoms with Crippen molar-refractivity contribution in [3.05, 3.63) is 53.7 Å². The van der Waals surface area contributed by atoms with Crippen LogP contribution in [0.3, 0.4) is 0 Å². The molecule has 0 spiro atoms. The van der Waals surface area contributed by atoms with Crippen LogP contribution in [0.1, 0.15) is 79.6 Å². The molecule has 6 rings (SSSR count). The van der Waals surface area contributed by atoms with Crippen molar-refractivity contribution in [1.29, 1.82) is 0 Å². The summed E-state index contributed by atoms with van der Waals surface area (Å²) in [4.78, 5) is 38.1. The van der Waals surface area contributed by atoms with Crippen LogP contribution in [0.15, 0.2) is 42.5 Å². The van der Waals surface area contributed by atoms with Gasteiger partial charge in [0, 0.05) is 34.8 Å². The van der Waals surface area contributed by atoms with Gasteiger partial charge in [-0.3, -0.25) is 19.0 Å². The van der Waals surface area contributed by atoms with E-state index in [9.17, 15) is 14.4 Å². The summed E-state index contributed by atoms with van der Waals surface area (Å²) in [5.74, 6) is -0.509. The van der Waals surface area contributed by atoms with E-state index in [-0.39, 0.29) is 35.5 Å². The van der Waals surface area contributed by atoms with Gasteiger partial charge in [0.25, 0.3) is 5.91 Å². The van der Waals surface area contributed by atoms with Crippen molar-refractivity contribution in [2.24, 2.45) is 11.1 Å². The predicted octanol–water partition coefficient (Wildman–Crippen LogP) is 5.04. The minimum absolute atomic E-state index is 0.0741. The van der Waals surface area contributed by atoms with Crippen LogP contribution in [0.25, 0.3) is 22.0 Å². The van der Waals surface area contributed by atoms with Crippen LogP contribution >= 0.6 is 0 Å². The number of rotatable bonds is 6. The number of nitrogens with two attached hydrogens (primary N) is 1. The fourth-order valence-electron chi connectivity index (χ4n) is 6.78. The van der Waals surface area contributed by atoms with Crippen molar-refractivity contribution in [1.82, 2.24) is 9.88 Å². The molecular weight excluding hydrogens is 504 g/mol. The summed E-state index contributed by atoms with van der Waals surface area (Å²) in [5, 5.41) is 7.82. The zero-order valence-electron chi connectivity index (χ0n) is 23.3. The highest BCUT2D eigenvalue weighted by molar-refractivity contribution is 6.06. The van der Waals surface area contributed by atoms with E-state index >= 15 is 0 Å². The number of hydrogen-bond acceptors (Lipinski definition) is 6. The monoisotopic (exact) mass is 542 g/mol. The Bertz CT molecular complexity index is 1480. The minimum atomic E-state index is -0.485. The number of para-hydroxylation sites is 1. The SMILES string of the molecule is CC1(C)CC(=O)n2c(c(-c3ccc(C(N)=O)c(N[C@H]4CC[C@H](OC(=O)C5CCCN5)CC4)c3)c3ccccc32)C1. The summed E-state index contributed by atoms with van der Waals surface area (Å²) in [6.07, 6.45) is 6.25. The van der Waals surface area contributed by atoms with Crippen LogP contribution in [0.2, 0.25) is 0 Å². The summed E-state index contributed by atoms with van der Waals surface area (Å²) in [6.45, 7) is 5.14. The molecule has 2 aromatic carbocycles. The highest BCUT2D eigenvalue weighted by Crippen LogP contribution is 2.43. The maximum absolute atomic E-state index is 13.3. The lowest BCUT2D eigenvalue weighted by atomic mass is 9.80. The average Bonchev–Trinajstić information content (AvgIpc) is 3.56. The molecule has 1 aliphatic carbocycles. The average molecular weight is 543 g/mol. The molecule has 4 N–H and O–H groups in total. The lowest BCUT2D eigenvalue weighted by Gasteiger charge is -2.31. The third-order valence-electron chi connectivity index (χ3n) is 8.73. The van der Waals surface area contributed by atoms with E-state index in [4.69, 9.17) is 10.5 Å². The smallest absolute Gasteiger partial charge is 0.323 e. The van der Waals surface area contributed by atoms with Gasteiger partial charge in [0.1, 0.15) is 12.1 Å². The Labute approximate surface area is 234 Å². The van der Waals surface area contributed by atoms with E-state index in [0.29, 0.717) is 17.7 Å². The molecule has 1 unspecified atom stereocenters. The third kappa shape index (κ3) is 5.01. The number of ether oxygens (including phenoxy) is 1. The first-order chi connectivity index (χ1) is 19.2. The number of aromatic nitrogens is 1. The van der Waals surface area contributed by atoms with Crippen molar-refractivity contribution in [3.8, 4) is 11.1 Å². The number of primary amides is 1. The van der Waals surface area contributed by atoms with Crippen LogP contribution in [0.4, 0.5) is 5.69 Å². The molecule has 0 bridgehead atoms. The number of carbonyl (C=O) groups is 3. The second kappa shape index (κ2) is 10.4. The van der Waals surface area contributed by atoms with E-state index in [1.54, 1.807) is 6.07 Å². The first-order valence-corrected chi connectivity index (χ1v) is 14.5. The normalized spacial score (nSPS) is 24.1. The van der Waals surface area contributed by atoms with Gasteiger partial charge < -0.3 is 21.1 Å². The van der Waals surface area contributed by atoms with Gasteiger partial charge in [0.05, 0.1) is 11.1 Å². The standard InChI is InChI=1S/C32H38N4O4/c1-32(2)17-27-29(23-6-3-4-8-26(23)36(27)28(37)18-32)19-9-14-22(30(33)38)25(16-19)35-20-10-12-21(13-11-20)40-31(39)24-7-5-15-34-24/h3-4,6,8-9,14,16,20-21,24,34-35H,5,7,10-13,15,17-18H2,1-2H3,(H2,33,38)/t20-,21-,24?. The number of nitrogens with zero attached hydrogens (tertiary/aromatic N) is 1. The Hall–Kier alpha value is -3.65. The van der Waals surface area contributed by atoms with Gasteiger partial charge in [0.15, 0.2) is 0 Å². The second-order valence-electron chi connectivity index (χ2n) is 12.4. The highest BCUT2D eigenvalue weighted by Gasteiger charge is 2.35. The molecule has 8 nitrogen and oxygen atoms in total. The highest BCUT2D eigenvalue weighted by atomic mass is 16.5. The van der Waals surface area contributed by atoms with E-state index in [1.807, 2.05) is 34.9 Å². The maximum Gasteiger partial charge on any atom is 0.323 e. The van der Waals surface area contributed by atoms with E-state index in [0.717, 1.165) is 79.2 Å². The summed E-state index contributed by atoms with van der Waals surface area (Å²) in [5.41, 5.74) is 10.7. The Balaban J connectivity index is 1.27. The van der Waals surface area contributed by atoms with E-state index in [2.05, 4.69) is 30.5 Å². The zero-order chi connectivity index (χ0) is 28.0. The fraction of sp³-hybridized carbons (Fsp3) is 0.469. The Morgan fingerprint density at radius 3 is 2.55 bits per heavy atom. The number of hydrogen-bond donors (Lipinski definition) is 3. The van der Waals surface area contributed by atoms with Crippen molar-refractivity contribution < 1.29 is 19.1 Å². The first kappa shape index (κ1) is 26.6. The first-order valence-electron chi connectivity index (χ1n) is 14.5. The van der Waals surface area contributed by atoms with Crippen LogP contribution < -0.4 is 16.4 Å². The number of esters is 1. The van der Waals surface area contributed by atoms with E-state index in [1.165, 1.54) is 0 Å². The topological polar surface area (TPSA) is 115 Å². The van der Waals surface area contributed by atoms with Gasteiger partial charge >= 0.3 is 5.97 Å². The summed E-state index contributed by atoms with van der Waals surface area (Å²) in [6, 6.07) is 13.7. The molecular formula is C32H38N4O4. The largest absolute Gasteiger partial charge is 0.461 e. The van der Waals surface area contributed by atoms with Gasteiger partial charge in [-0.25, -0.2) is 0 Å². The Morgan fingerprint density at radius 1 is 1.05 bits per heavy atom. The molecule has 1 amide bonds. The molecule has 1 saturated carbocycles. The Kier molecular flexibility index (Phi) is 6.90. The number of fused-ring (bicyclic) bond motifs is 3. The van der Waals surface area contributed by atoms with Crippen molar-refractivity contribution in [3.63, 3.8) is 0 Å². The molecule has 210 valence electrons. The third-order valence-corrected chi connectivity index (χ3v) is 8.73. The van der Waals surface area contributed by atoms with Gasteiger partial charge in [0.2, 0.25) is 5.91 Å². The Morgan fingerprint density at radius 2 is 1.82 bits per heavy atom. The van der Waals surface area contributed by atoms with Gasteiger partial charge in [-0.1, -0.05) is 38.1 Å². The van der Waals surface area contributed by atoms with Gasteiger partial charge in [-0.15, -0.1) is 0 Å². The van der Waals surface area contributed by atoms with Crippen LogP contribution in [-0.4, -0.2) is 47.1 Å². The number of anilines is 1. The minimum Gasteiger partial charge on any atom is -0.461 e. The van der Waals surface area contributed by atoms with Gasteiger partial charge in [-0.05, 0) is 80.7 Å². The zero-order valence-corrected chi connectivity index (χ0v) is 23.3. The molecule has 3 aromatic rings. The molecule has 3 aliphatic rings. The predicted molar refractivity (Wildman–Crippen MR) is 155 cm³/mol. The molecule has 3 heterocycles. The van der Waals surface area contributed by atoms with E-state index < -0.39 is 5.91 Å². The molecule has 1 aromatic heterocycles. The number of benzene rings is 2. The van der Waals surface area contributed by atoms with Crippen molar-refractivity contribution >= 4 is 34.4 Å². The molecule has 1 atom stereocenters. The van der Waals surface area contributed by atoms with Crippen molar-refractivity contribution in [2.75, 3.05) is 11.9 Å². The summed E-state index contributed by atoms with van der Waals surface area (Å²) >= 11 is 0. The maximum atomic E-state index is 13.3. The fourth-order valence-corrected chi connectivity index (χ4v) is 6.78. The van der Waals surface area contributed by atoms with Crippen molar-refractivity contribution in [2.45, 2.75) is 83.4 Å². The quantitative estimate of drug-likeness (QED) is 0.376.